The lowest BCUT2D eigenvalue weighted by atomic mass is 10.1. The molecule has 38 heavy (non-hydrogen) atoms. The molecule has 0 radical (unpaired) electrons. The van der Waals surface area contributed by atoms with Crippen molar-refractivity contribution in [1.82, 2.24) is 14.7 Å². The molecule has 2 aliphatic rings. The van der Waals surface area contributed by atoms with E-state index in [-0.39, 0.29) is 24.0 Å². The number of benzene rings is 2. The zero-order chi connectivity index (χ0) is 27.4. The van der Waals surface area contributed by atoms with Gasteiger partial charge in [0.05, 0.1) is 23.6 Å². The third-order valence-electron chi connectivity index (χ3n) is 6.04. The number of nitrogens with zero attached hydrogens (tertiary/aromatic N) is 3. The van der Waals surface area contributed by atoms with Crippen LogP contribution in [0.5, 0.6) is 0 Å². The number of halogens is 3. The second-order valence-electron chi connectivity index (χ2n) is 8.56. The summed E-state index contributed by atoms with van der Waals surface area (Å²) >= 11 is 0.743. The van der Waals surface area contributed by atoms with Crippen molar-refractivity contribution >= 4 is 41.0 Å². The van der Waals surface area contributed by atoms with E-state index in [4.69, 9.17) is 4.74 Å². The van der Waals surface area contributed by atoms with Crippen molar-refractivity contribution in [3.05, 3.63) is 75.7 Å². The molecule has 0 spiro atoms. The Hall–Kier alpha value is -3.80. The summed E-state index contributed by atoms with van der Waals surface area (Å²) in [5.74, 6) is -0.726. The zero-order valence-electron chi connectivity index (χ0n) is 20.4. The number of ether oxygens (including phenoxy) is 1. The summed E-state index contributed by atoms with van der Waals surface area (Å²) in [5.41, 5.74) is 0.638. The Labute approximate surface area is 221 Å². The predicted octanol–water partition coefficient (Wildman–Crippen LogP) is 4.86. The lowest BCUT2D eigenvalue weighted by Crippen LogP contribution is -2.50. The van der Waals surface area contributed by atoms with Crippen LogP contribution in [0.2, 0.25) is 0 Å². The zero-order valence-corrected chi connectivity index (χ0v) is 21.2. The first kappa shape index (κ1) is 27.2. The minimum absolute atomic E-state index is 0.142. The van der Waals surface area contributed by atoms with Gasteiger partial charge in [-0.3, -0.25) is 19.3 Å². The van der Waals surface area contributed by atoms with Gasteiger partial charge in [0, 0.05) is 31.7 Å². The van der Waals surface area contributed by atoms with Gasteiger partial charge < -0.3 is 14.5 Å². The van der Waals surface area contributed by atoms with Crippen LogP contribution in [0, 0.1) is 0 Å². The van der Waals surface area contributed by atoms with Crippen LogP contribution < -0.4 is 0 Å². The molecule has 0 aliphatic carbocycles. The summed E-state index contributed by atoms with van der Waals surface area (Å²) in [7, 11) is 0. The van der Waals surface area contributed by atoms with E-state index in [0.717, 1.165) is 28.8 Å². The third-order valence-corrected chi connectivity index (χ3v) is 6.95. The topological polar surface area (TPSA) is 87.2 Å². The number of thioether (sulfide) groups is 1. The molecule has 2 aromatic rings. The largest absolute Gasteiger partial charge is 0.450 e. The Morgan fingerprint density at radius 3 is 2.13 bits per heavy atom. The first-order chi connectivity index (χ1) is 18.1. The molecule has 4 rings (SSSR count). The lowest BCUT2D eigenvalue weighted by Gasteiger charge is -2.34. The summed E-state index contributed by atoms with van der Waals surface area (Å²) in [6.07, 6.45) is -3.33. The molecular weight excluding hydrogens is 523 g/mol. The van der Waals surface area contributed by atoms with Crippen molar-refractivity contribution in [2.45, 2.75) is 19.6 Å². The van der Waals surface area contributed by atoms with E-state index in [1.807, 2.05) is 0 Å². The molecule has 2 aromatic carbocycles. The van der Waals surface area contributed by atoms with Crippen molar-refractivity contribution in [2.75, 3.05) is 32.8 Å². The number of hydrogen-bond acceptors (Lipinski definition) is 6. The summed E-state index contributed by atoms with van der Waals surface area (Å²) < 4.78 is 43.3. The molecule has 0 N–H and O–H groups in total. The molecule has 0 unspecified atom stereocenters. The molecule has 2 fully saturated rings. The number of amides is 4. The fraction of sp³-hybridized carbons (Fsp3) is 0.308. The van der Waals surface area contributed by atoms with Crippen molar-refractivity contribution in [3.63, 3.8) is 0 Å². The minimum atomic E-state index is -4.47. The molecule has 12 heteroatoms. The first-order valence-electron chi connectivity index (χ1n) is 11.8. The predicted molar refractivity (Wildman–Crippen MR) is 134 cm³/mol. The van der Waals surface area contributed by atoms with E-state index < -0.39 is 29.0 Å². The molecule has 200 valence electrons. The summed E-state index contributed by atoms with van der Waals surface area (Å²) in [6.45, 7) is 3.40. The van der Waals surface area contributed by atoms with Crippen LogP contribution in [0.4, 0.5) is 22.8 Å². The van der Waals surface area contributed by atoms with E-state index in [2.05, 4.69) is 0 Å². The van der Waals surface area contributed by atoms with Crippen LogP contribution in [0.1, 0.15) is 34.0 Å². The van der Waals surface area contributed by atoms with Crippen molar-refractivity contribution in [1.29, 1.82) is 0 Å². The summed E-state index contributed by atoms with van der Waals surface area (Å²) in [4.78, 5) is 54.2. The van der Waals surface area contributed by atoms with Gasteiger partial charge in [0.25, 0.3) is 17.1 Å². The van der Waals surface area contributed by atoms with Crippen molar-refractivity contribution in [3.8, 4) is 0 Å². The molecule has 0 saturated carbocycles. The minimum Gasteiger partial charge on any atom is -0.450 e. The number of alkyl halides is 3. The van der Waals surface area contributed by atoms with Crippen LogP contribution in [-0.4, -0.2) is 70.6 Å². The van der Waals surface area contributed by atoms with Gasteiger partial charge in [-0.1, -0.05) is 24.3 Å². The number of carbonyl (C=O) groups is 4. The van der Waals surface area contributed by atoms with Gasteiger partial charge in [0.15, 0.2) is 0 Å². The fourth-order valence-corrected chi connectivity index (χ4v) is 4.82. The van der Waals surface area contributed by atoms with Crippen LogP contribution in [-0.2, 0) is 22.3 Å². The maximum absolute atomic E-state index is 12.8. The van der Waals surface area contributed by atoms with Gasteiger partial charge in [-0.25, -0.2) is 4.79 Å². The van der Waals surface area contributed by atoms with E-state index in [9.17, 15) is 32.3 Å². The van der Waals surface area contributed by atoms with E-state index in [1.54, 1.807) is 41.0 Å². The molecular formula is C26H24F3N3O5S. The molecule has 0 bridgehead atoms. The second kappa shape index (κ2) is 11.3. The SMILES string of the molecule is CCOC(=O)N1CCN(C(=O)c2ccc(/C=C3\SC(=O)N(Cc4ccc(C(F)(F)F)cc4)C3=O)cc2)CC1. The van der Waals surface area contributed by atoms with Gasteiger partial charge in [-0.15, -0.1) is 0 Å². The van der Waals surface area contributed by atoms with Crippen LogP contribution in [0.3, 0.4) is 0 Å². The number of hydrogen-bond donors (Lipinski definition) is 0. The Bertz CT molecular complexity index is 1250. The van der Waals surface area contributed by atoms with Gasteiger partial charge in [0.1, 0.15) is 0 Å². The first-order valence-corrected chi connectivity index (χ1v) is 12.6. The average molecular weight is 548 g/mol. The van der Waals surface area contributed by atoms with Gasteiger partial charge in [-0.05, 0) is 60.2 Å². The fourth-order valence-electron chi connectivity index (χ4n) is 3.98. The highest BCUT2D eigenvalue weighted by Gasteiger charge is 2.35. The van der Waals surface area contributed by atoms with Crippen LogP contribution in [0.15, 0.2) is 53.4 Å². The maximum Gasteiger partial charge on any atom is 0.416 e. The Balaban J connectivity index is 1.37. The monoisotopic (exact) mass is 547 g/mol. The molecule has 0 atom stereocenters. The Kier molecular flexibility index (Phi) is 8.10. The molecule has 0 aromatic heterocycles. The molecule has 2 heterocycles. The van der Waals surface area contributed by atoms with Crippen LogP contribution >= 0.6 is 11.8 Å². The highest BCUT2D eigenvalue weighted by molar-refractivity contribution is 8.18. The van der Waals surface area contributed by atoms with Crippen LogP contribution in [0.25, 0.3) is 6.08 Å². The third kappa shape index (κ3) is 6.18. The smallest absolute Gasteiger partial charge is 0.416 e. The number of rotatable bonds is 5. The normalized spacial score (nSPS) is 17.4. The van der Waals surface area contributed by atoms with E-state index in [1.165, 1.54) is 18.2 Å². The number of carbonyl (C=O) groups excluding carboxylic acids is 4. The summed E-state index contributed by atoms with van der Waals surface area (Å²) in [5, 5.41) is -0.519. The highest BCUT2D eigenvalue weighted by Crippen LogP contribution is 2.34. The van der Waals surface area contributed by atoms with Gasteiger partial charge in [0.2, 0.25) is 0 Å². The number of imide groups is 1. The summed E-state index contributed by atoms with van der Waals surface area (Å²) in [6, 6.07) is 10.9. The quantitative estimate of drug-likeness (QED) is 0.497. The Morgan fingerprint density at radius 2 is 1.55 bits per heavy atom. The van der Waals surface area contributed by atoms with Crippen molar-refractivity contribution in [2.24, 2.45) is 0 Å². The van der Waals surface area contributed by atoms with E-state index >= 15 is 0 Å². The average Bonchev–Trinajstić information content (AvgIpc) is 3.16. The Morgan fingerprint density at radius 1 is 0.947 bits per heavy atom. The molecule has 2 saturated heterocycles. The molecule has 4 amide bonds. The second-order valence-corrected chi connectivity index (χ2v) is 9.56. The number of piperazine rings is 1. The highest BCUT2D eigenvalue weighted by atomic mass is 32.2. The van der Waals surface area contributed by atoms with E-state index in [0.29, 0.717) is 42.9 Å². The lowest BCUT2D eigenvalue weighted by molar-refractivity contribution is -0.137. The van der Waals surface area contributed by atoms with Gasteiger partial charge in [-0.2, -0.15) is 13.2 Å². The van der Waals surface area contributed by atoms with Crippen molar-refractivity contribution < 1.29 is 37.1 Å². The maximum atomic E-state index is 12.8. The molecule has 2 aliphatic heterocycles. The molecule has 8 nitrogen and oxygen atoms in total. The standard InChI is InChI=1S/C26H24F3N3O5S/c1-2-37-24(35)31-13-11-30(12-14-31)22(33)19-7-3-17(4-8-19)15-21-23(34)32(25(36)38-21)16-18-5-9-20(10-6-18)26(27,28)29/h3-10,15H,2,11-14,16H2,1H3/b21-15-. The van der Waals surface area contributed by atoms with Gasteiger partial charge >= 0.3 is 12.3 Å².